The lowest BCUT2D eigenvalue weighted by Crippen LogP contribution is -2.28. The van der Waals surface area contributed by atoms with E-state index in [-0.39, 0.29) is 5.41 Å². The van der Waals surface area contributed by atoms with Gasteiger partial charge in [0.15, 0.2) is 0 Å². The molecule has 1 aliphatic rings. The third-order valence-corrected chi connectivity index (χ3v) is 3.42. The zero-order valence-electron chi connectivity index (χ0n) is 10.3. The first kappa shape index (κ1) is 11.4. The molecule has 1 heteroatoms. The van der Waals surface area contributed by atoms with Gasteiger partial charge in [-0.25, -0.2) is 0 Å². The Kier molecular flexibility index (Phi) is 2.80. The van der Waals surface area contributed by atoms with Crippen LogP contribution in [-0.4, -0.2) is 0 Å². The third-order valence-electron chi connectivity index (χ3n) is 3.42. The summed E-state index contributed by atoms with van der Waals surface area (Å²) in [4.78, 5) is 0. The highest BCUT2D eigenvalue weighted by Gasteiger charge is 2.30. The summed E-state index contributed by atoms with van der Waals surface area (Å²) in [6.07, 6.45) is 2.28. The molecule has 0 fully saturated rings. The van der Waals surface area contributed by atoms with Gasteiger partial charge in [-0.05, 0) is 23.8 Å². The van der Waals surface area contributed by atoms with Crippen molar-refractivity contribution in [1.82, 2.24) is 0 Å². The predicted molar refractivity (Wildman–Crippen MR) is 62.8 cm³/mol. The highest BCUT2D eigenvalue weighted by atomic mass is 14.6. The Morgan fingerprint density at radius 2 is 1.64 bits per heavy atom. The van der Waals surface area contributed by atoms with E-state index in [4.69, 9.17) is 5.73 Å². The molecule has 0 heterocycles. The van der Waals surface area contributed by atoms with Crippen LogP contribution in [0.5, 0.6) is 0 Å². The summed E-state index contributed by atoms with van der Waals surface area (Å²) < 4.78 is 0. The Morgan fingerprint density at radius 3 is 2.07 bits per heavy atom. The van der Waals surface area contributed by atoms with Gasteiger partial charge in [0.2, 0.25) is 0 Å². The molecule has 0 radical (unpaired) electrons. The van der Waals surface area contributed by atoms with Crippen LogP contribution in [0.25, 0.3) is 0 Å². The zero-order valence-corrected chi connectivity index (χ0v) is 10.3. The largest absolute Gasteiger partial charge is 0.402 e. The number of nitrogens with two attached hydrogens (primary N) is 1. The van der Waals surface area contributed by atoms with Crippen LogP contribution < -0.4 is 5.73 Å². The SMILES string of the molecule is CC1=C(N)C(C)C(C)C(C(C)(C)C)=C1. The minimum Gasteiger partial charge on any atom is -0.402 e. The highest BCUT2D eigenvalue weighted by Crippen LogP contribution is 2.40. The summed E-state index contributed by atoms with van der Waals surface area (Å²) in [5.74, 6) is 1.05. The third kappa shape index (κ3) is 1.87. The monoisotopic (exact) mass is 193 g/mol. The smallest absolute Gasteiger partial charge is 0.0145 e. The van der Waals surface area contributed by atoms with Gasteiger partial charge in [-0.15, -0.1) is 0 Å². The molecule has 2 unspecified atom stereocenters. The van der Waals surface area contributed by atoms with E-state index < -0.39 is 0 Å². The average molecular weight is 193 g/mol. The summed E-state index contributed by atoms with van der Waals surface area (Å²) in [6.45, 7) is 13.4. The summed E-state index contributed by atoms with van der Waals surface area (Å²) in [5, 5.41) is 0. The van der Waals surface area contributed by atoms with E-state index in [1.54, 1.807) is 0 Å². The van der Waals surface area contributed by atoms with Gasteiger partial charge < -0.3 is 5.73 Å². The normalized spacial score (nSPS) is 29.1. The molecule has 0 aliphatic heterocycles. The van der Waals surface area contributed by atoms with Gasteiger partial charge in [0.1, 0.15) is 0 Å². The second-order valence-electron chi connectivity index (χ2n) is 5.57. The molecule has 2 N–H and O–H groups in total. The Labute approximate surface area is 88.1 Å². The van der Waals surface area contributed by atoms with Crippen molar-refractivity contribution >= 4 is 0 Å². The van der Waals surface area contributed by atoms with Gasteiger partial charge in [-0.1, -0.05) is 46.3 Å². The van der Waals surface area contributed by atoms with Gasteiger partial charge >= 0.3 is 0 Å². The Bertz CT molecular complexity index is 289. The van der Waals surface area contributed by atoms with Crippen LogP contribution in [0.15, 0.2) is 22.9 Å². The zero-order chi connectivity index (χ0) is 11.1. The molecule has 0 aromatic heterocycles. The fraction of sp³-hybridized carbons (Fsp3) is 0.692. The highest BCUT2D eigenvalue weighted by molar-refractivity contribution is 5.36. The van der Waals surface area contributed by atoms with Crippen molar-refractivity contribution in [3.8, 4) is 0 Å². The van der Waals surface area contributed by atoms with Gasteiger partial charge in [-0.3, -0.25) is 0 Å². The average Bonchev–Trinajstić information content (AvgIpc) is 2.06. The van der Waals surface area contributed by atoms with Gasteiger partial charge in [0.25, 0.3) is 0 Å². The maximum Gasteiger partial charge on any atom is 0.0145 e. The van der Waals surface area contributed by atoms with Crippen LogP contribution in [0.1, 0.15) is 41.5 Å². The van der Waals surface area contributed by atoms with E-state index in [1.807, 2.05) is 0 Å². The van der Waals surface area contributed by atoms with Gasteiger partial charge in [0.05, 0.1) is 0 Å². The molecule has 1 nitrogen and oxygen atoms in total. The summed E-state index contributed by atoms with van der Waals surface area (Å²) in [5.41, 5.74) is 10.1. The second-order valence-corrected chi connectivity index (χ2v) is 5.57. The lowest BCUT2D eigenvalue weighted by Gasteiger charge is -2.36. The molecule has 1 aliphatic carbocycles. The van der Waals surface area contributed by atoms with E-state index in [9.17, 15) is 0 Å². The molecule has 14 heavy (non-hydrogen) atoms. The van der Waals surface area contributed by atoms with Crippen LogP contribution >= 0.6 is 0 Å². The minimum atomic E-state index is 0.260. The predicted octanol–water partition coefficient (Wildman–Crippen LogP) is 3.48. The molecular weight excluding hydrogens is 170 g/mol. The Hall–Kier alpha value is -0.720. The Balaban J connectivity index is 3.15. The topological polar surface area (TPSA) is 26.0 Å². The second kappa shape index (κ2) is 3.45. The standard InChI is InChI=1S/C13H23N/c1-8-7-11(13(4,5)6)9(2)10(3)12(8)14/h7,9-10H,14H2,1-6H3. The maximum absolute atomic E-state index is 6.05. The van der Waals surface area contributed by atoms with E-state index in [0.717, 1.165) is 5.70 Å². The molecule has 1 rings (SSSR count). The summed E-state index contributed by atoms with van der Waals surface area (Å²) in [7, 11) is 0. The quantitative estimate of drug-likeness (QED) is 0.626. The van der Waals surface area contributed by atoms with Crippen LogP contribution in [0.4, 0.5) is 0 Å². The van der Waals surface area contributed by atoms with Crippen molar-refractivity contribution in [2.45, 2.75) is 41.5 Å². The van der Waals surface area contributed by atoms with Crippen LogP contribution in [0, 0.1) is 17.3 Å². The van der Waals surface area contributed by atoms with E-state index >= 15 is 0 Å². The Morgan fingerprint density at radius 1 is 1.14 bits per heavy atom. The van der Waals surface area contributed by atoms with E-state index in [1.165, 1.54) is 11.1 Å². The fourth-order valence-electron chi connectivity index (χ4n) is 2.25. The van der Waals surface area contributed by atoms with Gasteiger partial charge in [-0.2, -0.15) is 0 Å². The van der Waals surface area contributed by atoms with Crippen LogP contribution in [0.3, 0.4) is 0 Å². The van der Waals surface area contributed by atoms with Crippen LogP contribution in [0.2, 0.25) is 0 Å². The number of hydrogen-bond donors (Lipinski definition) is 1. The first-order chi connectivity index (χ1) is 6.25. The minimum absolute atomic E-state index is 0.260. The van der Waals surface area contributed by atoms with Crippen molar-refractivity contribution in [2.24, 2.45) is 23.0 Å². The maximum atomic E-state index is 6.05. The first-order valence-corrected chi connectivity index (χ1v) is 5.43. The molecular formula is C13H23N. The molecule has 0 amide bonds. The molecule has 80 valence electrons. The van der Waals surface area contributed by atoms with Crippen molar-refractivity contribution in [3.05, 3.63) is 22.9 Å². The number of allylic oxidation sites excluding steroid dienone is 4. The molecule has 0 aromatic carbocycles. The van der Waals surface area contributed by atoms with E-state index in [0.29, 0.717) is 11.8 Å². The molecule has 0 saturated heterocycles. The van der Waals surface area contributed by atoms with Crippen molar-refractivity contribution < 1.29 is 0 Å². The van der Waals surface area contributed by atoms with Crippen molar-refractivity contribution in [1.29, 1.82) is 0 Å². The van der Waals surface area contributed by atoms with Crippen molar-refractivity contribution in [3.63, 3.8) is 0 Å². The van der Waals surface area contributed by atoms with E-state index in [2.05, 4.69) is 47.6 Å². The molecule has 0 bridgehead atoms. The summed E-state index contributed by atoms with van der Waals surface area (Å²) in [6, 6.07) is 0. The molecule has 2 atom stereocenters. The van der Waals surface area contributed by atoms with Crippen molar-refractivity contribution in [2.75, 3.05) is 0 Å². The first-order valence-electron chi connectivity index (χ1n) is 5.43. The lowest BCUT2D eigenvalue weighted by molar-refractivity contribution is 0.375. The molecule has 0 spiro atoms. The van der Waals surface area contributed by atoms with Crippen LogP contribution in [-0.2, 0) is 0 Å². The number of hydrogen-bond acceptors (Lipinski definition) is 1. The molecule has 0 saturated carbocycles. The lowest BCUT2D eigenvalue weighted by atomic mass is 9.70. The number of rotatable bonds is 0. The summed E-state index contributed by atoms with van der Waals surface area (Å²) >= 11 is 0. The fourth-order valence-corrected chi connectivity index (χ4v) is 2.25. The van der Waals surface area contributed by atoms with Gasteiger partial charge in [0, 0.05) is 11.6 Å². The molecule has 0 aromatic rings.